The maximum Gasteiger partial charge on any atom is 0.268 e. The number of nitrogens with two attached hydrogens (primary N) is 1. The molecule has 1 aromatic heterocycles. The summed E-state index contributed by atoms with van der Waals surface area (Å²) in [5.41, 5.74) is 0.311. The fourth-order valence-corrected chi connectivity index (χ4v) is 2.85. The highest BCUT2D eigenvalue weighted by molar-refractivity contribution is 7.89. The highest BCUT2D eigenvalue weighted by Gasteiger charge is 2.37. The predicted molar refractivity (Wildman–Crippen MR) is 71.1 cm³/mol. The van der Waals surface area contributed by atoms with E-state index in [-0.39, 0.29) is 16.8 Å². The number of amides is 1. The van der Waals surface area contributed by atoms with E-state index in [4.69, 9.17) is 5.14 Å². The second-order valence-corrected chi connectivity index (χ2v) is 6.64. The maximum absolute atomic E-state index is 12.0. The summed E-state index contributed by atoms with van der Waals surface area (Å²) in [6, 6.07) is 1.53. The summed E-state index contributed by atoms with van der Waals surface area (Å²) in [5, 5.41) is 7.96. The molecule has 7 heteroatoms. The van der Waals surface area contributed by atoms with Gasteiger partial charge in [0, 0.05) is 19.3 Å². The summed E-state index contributed by atoms with van der Waals surface area (Å²) in [6.45, 7) is 2.12. The van der Waals surface area contributed by atoms with Crippen molar-refractivity contribution < 1.29 is 13.2 Å². The van der Waals surface area contributed by atoms with Crippen LogP contribution in [0.2, 0.25) is 0 Å². The first kappa shape index (κ1) is 14.1. The zero-order valence-electron chi connectivity index (χ0n) is 11.1. The number of nitrogens with zero attached hydrogens (tertiary/aromatic N) is 1. The lowest BCUT2D eigenvalue weighted by molar-refractivity contribution is 0.0940. The molecule has 3 N–H and O–H groups in total. The van der Waals surface area contributed by atoms with Gasteiger partial charge in [-0.2, -0.15) is 0 Å². The Bertz CT molecular complexity index is 591. The predicted octanol–water partition coefficient (Wildman–Crippen LogP) is 0.591. The zero-order valence-corrected chi connectivity index (χ0v) is 11.9. The van der Waals surface area contributed by atoms with Crippen LogP contribution in [0, 0.1) is 5.92 Å². The first-order chi connectivity index (χ1) is 8.82. The molecule has 0 saturated heterocycles. The number of primary sulfonamides is 1. The Morgan fingerprint density at radius 3 is 2.79 bits per heavy atom. The molecule has 0 aromatic carbocycles. The third-order valence-corrected chi connectivity index (χ3v) is 4.32. The average molecular weight is 285 g/mol. The van der Waals surface area contributed by atoms with Gasteiger partial charge in [0.25, 0.3) is 5.91 Å². The SMILES string of the molecule is CCCC1CC1NC(=O)c1cc(S(N)(=O)=O)cn1C. The number of rotatable bonds is 5. The van der Waals surface area contributed by atoms with Gasteiger partial charge in [0.2, 0.25) is 10.0 Å². The molecule has 1 amide bonds. The van der Waals surface area contributed by atoms with Crippen molar-refractivity contribution in [3.05, 3.63) is 18.0 Å². The summed E-state index contributed by atoms with van der Waals surface area (Å²) in [7, 11) is -2.15. The highest BCUT2D eigenvalue weighted by Crippen LogP contribution is 2.34. The van der Waals surface area contributed by atoms with Crippen LogP contribution in [0.5, 0.6) is 0 Å². The Morgan fingerprint density at radius 2 is 2.26 bits per heavy atom. The summed E-state index contributed by atoms with van der Waals surface area (Å²) in [6.07, 6.45) is 4.57. The number of carbonyl (C=O) groups excluding carboxylic acids is 1. The Labute approximate surface area is 113 Å². The van der Waals surface area contributed by atoms with Gasteiger partial charge in [0.15, 0.2) is 0 Å². The van der Waals surface area contributed by atoms with Crippen molar-refractivity contribution in [2.75, 3.05) is 0 Å². The summed E-state index contributed by atoms with van der Waals surface area (Å²) < 4.78 is 23.9. The van der Waals surface area contributed by atoms with Crippen molar-refractivity contribution in [2.24, 2.45) is 18.1 Å². The van der Waals surface area contributed by atoms with Gasteiger partial charge in [-0.05, 0) is 24.8 Å². The zero-order chi connectivity index (χ0) is 14.2. The number of hydrogen-bond donors (Lipinski definition) is 2. The van der Waals surface area contributed by atoms with Gasteiger partial charge >= 0.3 is 0 Å². The van der Waals surface area contributed by atoms with E-state index < -0.39 is 10.0 Å². The molecular weight excluding hydrogens is 266 g/mol. The van der Waals surface area contributed by atoms with Gasteiger partial charge in [-0.1, -0.05) is 13.3 Å². The normalized spacial score (nSPS) is 22.3. The Balaban J connectivity index is 2.06. The third kappa shape index (κ3) is 3.16. The Morgan fingerprint density at radius 1 is 1.58 bits per heavy atom. The fraction of sp³-hybridized carbons (Fsp3) is 0.583. The number of aromatic nitrogens is 1. The maximum atomic E-state index is 12.0. The topological polar surface area (TPSA) is 94.2 Å². The van der Waals surface area contributed by atoms with Crippen molar-refractivity contribution in [3.8, 4) is 0 Å². The van der Waals surface area contributed by atoms with Gasteiger partial charge in [0.05, 0.1) is 0 Å². The monoisotopic (exact) mass is 285 g/mol. The van der Waals surface area contributed by atoms with Crippen molar-refractivity contribution >= 4 is 15.9 Å². The van der Waals surface area contributed by atoms with E-state index in [0.717, 1.165) is 19.3 Å². The van der Waals surface area contributed by atoms with E-state index in [1.54, 1.807) is 7.05 Å². The van der Waals surface area contributed by atoms with E-state index >= 15 is 0 Å². The lowest BCUT2D eigenvalue weighted by atomic mass is 10.2. The number of aryl methyl sites for hydroxylation is 1. The summed E-state index contributed by atoms with van der Waals surface area (Å²) in [5.74, 6) is 0.313. The van der Waals surface area contributed by atoms with Crippen molar-refractivity contribution in [1.82, 2.24) is 9.88 Å². The molecule has 2 atom stereocenters. The molecule has 0 bridgehead atoms. The van der Waals surface area contributed by atoms with Crippen LogP contribution in [-0.4, -0.2) is 24.9 Å². The molecule has 0 aliphatic heterocycles. The second kappa shape index (κ2) is 4.97. The molecule has 1 aromatic rings. The molecule has 1 aliphatic rings. The molecule has 2 rings (SSSR count). The number of nitrogens with one attached hydrogen (secondary N) is 1. The first-order valence-corrected chi connectivity index (χ1v) is 7.87. The molecule has 1 saturated carbocycles. The van der Waals surface area contributed by atoms with Gasteiger partial charge in [-0.25, -0.2) is 13.6 Å². The van der Waals surface area contributed by atoms with Gasteiger partial charge in [0.1, 0.15) is 10.6 Å². The molecule has 2 unspecified atom stereocenters. The van der Waals surface area contributed by atoms with Crippen LogP contribution in [0.4, 0.5) is 0 Å². The standard InChI is InChI=1S/C12H19N3O3S/c1-3-4-8-5-10(8)14-12(16)11-6-9(7-15(11)2)19(13,17)18/h6-8,10H,3-5H2,1-2H3,(H,14,16)(H2,13,17,18). The van der Waals surface area contributed by atoms with Crippen LogP contribution >= 0.6 is 0 Å². The van der Waals surface area contributed by atoms with Crippen LogP contribution in [-0.2, 0) is 17.1 Å². The minimum Gasteiger partial charge on any atom is -0.348 e. The number of carbonyl (C=O) groups is 1. The van der Waals surface area contributed by atoms with Gasteiger partial charge in [-0.15, -0.1) is 0 Å². The van der Waals surface area contributed by atoms with Crippen LogP contribution in [0.1, 0.15) is 36.7 Å². The second-order valence-electron chi connectivity index (χ2n) is 5.08. The smallest absolute Gasteiger partial charge is 0.268 e. The summed E-state index contributed by atoms with van der Waals surface area (Å²) in [4.78, 5) is 12.0. The van der Waals surface area contributed by atoms with Crippen LogP contribution in [0.25, 0.3) is 0 Å². The number of hydrogen-bond acceptors (Lipinski definition) is 3. The van der Waals surface area contributed by atoms with Gasteiger partial charge in [-0.3, -0.25) is 4.79 Å². The molecule has 0 radical (unpaired) electrons. The molecule has 6 nitrogen and oxygen atoms in total. The third-order valence-electron chi connectivity index (χ3n) is 3.44. The van der Waals surface area contributed by atoms with Crippen molar-refractivity contribution in [3.63, 3.8) is 0 Å². The molecule has 1 fully saturated rings. The molecule has 1 heterocycles. The van der Waals surface area contributed by atoms with Crippen LogP contribution < -0.4 is 10.5 Å². The first-order valence-electron chi connectivity index (χ1n) is 6.33. The lowest BCUT2D eigenvalue weighted by Gasteiger charge is -2.05. The minimum absolute atomic E-state index is 0.0407. The molecule has 1 aliphatic carbocycles. The largest absolute Gasteiger partial charge is 0.348 e. The highest BCUT2D eigenvalue weighted by atomic mass is 32.2. The molecule has 106 valence electrons. The van der Waals surface area contributed by atoms with Crippen LogP contribution in [0.3, 0.4) is 0 Å². The van der Waals surface area contributed by atoms with E-state index in [9.17, 15) is 13.2 Å². The Hall–Kier alpha value is -1.34. The Kier molecular flexibility index (Phi) is 3.69. The van der Waals surface area contributed by atoms with E-state index in [0.29, 0.717) is 11.6 Å². The van der Waals surface area contributed by atoms with Crippen molar-refractivity contribution in [1.29, 1.82) is 0 Å². The van der Waals surface area contributed by atoms with Crippen LogP contribution in [0.15, 0.2) is 17.2 Å². The molecule has 0 spiro atoms. The van der Waals surface area contributed by atoms with E-state index in [1.165, 1.54) is 16.8 Å². The lowest BCUT2D eigenvalue weighted by Crippen LogP contribution is -2.28. The summed E-state index contributed by atoms with van der Waals surface area (Å²) >= 11 is 0. The van der Waals surface area contributed by atoms with Gasteiger partial charge < -0.3 is 9.88 Å². The fourth-order valence-electron chi connectivity index (χ4n) is 2.27. The quantitative estimate of drug-likeness (QED) is 0.829. The van der Waals surface area contributed by atoms with E-state index in [1.807, 2.05) is 0 Å². The average Bonchev–Trinajstić information content (AvgIpc) is 2.87. The van der Waals surface area contributed by atoms with Crippen molar-refractivity contribution in [2.45, 2.75) is 37.1 Å². The number of sulfonamides is 1. The minimum atomic E-state index is -3.77. The molecular formula is C12H19N3O3S. The van der Waals surface area contributed by atoms with E-state index in [2.05, 4.69) is 12.2 Å². The molecule has 19 heavy (non-hydrogen) atoms.